The van der Waals surface area contributed by atoms with Crippen molar-refractivity contribution in [3.8, 4) is 16.9 Å². The number of aliphatic hydroxyl groups is 3. The molecule has 0 spiro atoms. The lowest BCUT2D eigenvalue weighted by Crippen LogP contribution is -2.65. The Balaban J connectivity index is 1.40. The molecule has 4 aliphatic rings. The lowest BCUT2D eigenvalue weighted by molar-refractivity contribution is -0.153. The Morgan fingerprint density at radius 3 is 2.30 bits per heavy atom. The Labute approximate surface area is 255 Å². The summed E-state index contributed by atoms with van der Waals surface area (Å²) in [4.78, 5) is 45.8. The number of Topliss-reactive ketones (excluding diaryl/α,β-unsaturated/α-hetero) is 2. The molecule has 232 valence electrons. The number of hydrogen-bond donors (Lipinski definition) is 5. The standard InChI is InChI=1S/C33H38N4O7/c1-35(2)27-22-15-19-14-21-20(18-6-4-17(5-7-18)16-37-12-10-36(3)11-13-37)8-9-23(38)25(21)28(39)24(19)30(41)33(22,44)31(42)26(29(27)40)32(34)43/h4-9,19,22,27,38-39,42,44H,10-16H2,1-3H3,(H2,34,43)/t19-,22-,27-,33-/m1/s1. The maximum Gasteiger partial charge on any atom is 0.255 e. The number of nitrogens with two attached hydrogens (primary N) is 1. The third-order valence-corrected chi connectivity index (χ3v) is 9.87. The molecule has 4 atom stereocenters. The van der Waals surface area contributed by atoms with Gasteiger partial charge in [0.2, 0.25) is 5.78 Å². The van der Waals surface area contributed by atoms with E-state index in [1.54, 1.807) is 20.2 Å². The second kappa shape index (κ2) is 10.8. The molecule has 0 unspecified atom stereocenters. The van der Waals surface area contributed by atoms with Gasteiger partial charge < -0.3 is 31.1 Å². The Morgan fingerprint density at radius 2 is 1.68 bits per heavy atom. The Morgan fingerprint density at radius 1 is 1.02 bits per heavy atom. The van der Waals surface area contributed by atoms with Crippen molar-refractivity contribution in [1.29, 1.82) is 0 Å². The van der Waals surface area contributed by atoms with Crippen molar-refractivity contribution < 1.29 is 34.8 Å². The molecule has 0 aromatic heterocycles. The third kappa shape index (κ3) is 4.54. The number of phenolic OH excluding ortho intramolecular Hbond substituents is 1. The Kier molecular flexibility index (Phi) is 7.40. The number of ketones is 2. The van der Waals surface area contributed by atoms with Crippen LogP contribution >= 0.6 is 0 Å². The van der Waals surface area contributed by atoms with E-state index in [9.17, 15) is 34.8 Å². The fraction of sp³-hybridized carbons (Fsp3) is 0.424. The summed E-state index contributed by atoms with van der Waals surface area (Å²) in [6.07, 6.45) is 0.284. The molecule has 1 heterocycles. The van der Waals surface area contributed by atoms with Crippen molar-refractivity contribution in [3.63, 3.8) is 0 Å². The van der Waals surface area contributed by atoms with E-state index in [0.717, 1.165) is 43.9 Å². The summed E-state index contributed by atoms with van der Waals surface area (Å²) in [5.74, 6) is -6.61. The van der Waals surface area contributed by atoms with E-state index in [0.29, 0.717) is 5.56 Å². The van der Waals surface area contributed by atoms with Crippen LogP contribution in [0.1, 0.15) is 23.1 Å². The third-order valence-electron chi connectivity index (χ3n) is 9.87. The highest BCUT2D eigenvalue weighted by atomic mass is 16.3. The van der Waals surface area contributed by atoms with E-state index in [-0.39, 0.29) is 29.7 Å². The second-order valence-electron chi connectivity index (χ2n) is 12.7. The molecule has 6 N–H and O–H groups in total. The maximum absolute atomic E-state index is 14.0. The molecule has 1 aliphatic heterocycles. The first-order valence-electron chi connectivity index (χ1n) is 14.8. The van der Waals surface area contributed by atoms with Crippen LogP contribution in [0, 0.1) is 11.8 Å². The first-order valence-corrected chi connectivity index (χ1v) is 14.8. The summed E-state index contributed by atoms with van der Waals surface area (Å²) in [5.41, 5.74) is 5.31. The minimum Gasteiger partial charge on any atom is -0.508 e. The number of aromatic hydroxyl groups is 1. The van der Waals surface area contributed by atoms with Crippen LogP contribution in [-0.2, 0) is 27.3 Å². The van der Waals surface area contributed by atoms with Crippen LogP contribution in [0.2, 0.25) is 0 Å². The quantitative estimate of drug-likeness (QED) is 0.316. The fourth-order valence-electron chi connectivity index (χ4n) is 7.57. The molecule has 6 rings (SSSR count). The van der Waals surface area contributed by atoms with E-state index in [4.69, 9.17) is 5.73 Å². The van der Waals surface area contributed by atoms with Gasteiger partial charge in [0.1, 0.15) is 22.8 Å². The molecule has 1 saturated heterocycles. The number of likely N-dealkylation sites (N-methyl/N-ethyl adjacent to an activating group) is 2. The topological polar surface area (TPSA) is 168 Å². The van der Waals surface area contributed by atoms with Crippen molar-refractivity contribution in [3.05, 3.63) is 70.0 Å². The van der Waals surface area contributed by atoms with Gasteiger partial charge in [-0.05, 0) is 68.2 Å². The second-order valence-corrected chi connectivity index (χ2v) is 12.7. The smallest absolute Gasteiger partial charge is 0.255 e. The SMILES string of the molecule is CN1CCN(Cc2ccc(-c3ccc(O)c4c3C[C@@H]3C[C@@H]5[C@@H](N(C)C)C(=O)C(C(N)=O)=C(O)[C@]5(O)C(=O)C3=C4O)cc2)CC1. The predicted octanol–water partition coefficient (Wildman–Crippen LogP) is 1.38. The number of benzene rings is 2. The first-order chi connectivity index (χ1) is 20.8. The van der Waals surface area contributed by atoms with Gasteiger partial charge in [0.15, 0.2) is 11.4 Å². The number of hydrogen-bond acceptors (Lipinski definition) is 10. The fourth-order valence-corrected chi connectivity index (χ4v) is 7.57. The number of phenols is 1. The van der Waals surface area contributed by atoms with Crippen LogP contribution in [0.5, 0.6) is 5.75 Å². The molecule has 0 bridgehead atoms. The van der Waals surface area contributed by atoms with Gasteiger partial charge in [0.25, 0.3) is 5.91 Å². The van der Waals surface area contributed by atoms with Crippen molar-refractivity contribution >= 4 is 23.2 Å². The van der Waals surface area contributed by atoms with Crippen molar-refractivity contribution in [2.75, 3.05) is 47.3 Å². The summed E-state index contributed by atoms with van der Waals surface area (Å²) < 4.78 is 0. The minimum absolute atomic E-state index is 0.0464. The zero-order chi connectivity index (χ0) is 31.7. The first kappa shape index (κ1) is 30.0. The minimum atomic E-state index is -2.66. The van der Waals surface area contributed by atoms with Gasteiger partial charge in [-0.15, -0.1) is 0 Å². The summed E-state index contributed by atoms with van der Waals surface area (Å²) in [7, 11) is 5.29. The number of amides is 1. The van der Waals surface area contributed by atoms with Gasteiger partial charge in [0.05, 0.1) is 11.6 Å². The Bertz CT molecular complexity index is 1620. The van der Waals surface area contributed by atoms with Crippen LogP contribution in [-0.4, -0.2) is 112 Å². The maximum atomic E-state index is 14.0. The number of carbonyl (C=O) groups excluding carboxylic acids is 3. The summed E-state index contributed by atoms with van der Waals surface area (Å²) >= 11 is 0. The van der Waals surface area contributed by atoms with E-state index < -0.39 is 58.0 Å². The summed E-state index contributed by atoms with van der Waals surface area (Å²) in [6.45, 7) is 4.92. The van der Waals surface area contributed by atoms with Gasteiger partial charge in [-0.2, -0.15) is 0 Å². The highest BCUT2D eigenvalue weighted by molar-refractivity contribution is 6.24. The van der Waals surface area contributed by atoms with E-state index in [1.165, 1.54) is 16.5 Å². The molecule has 0 radical (unpaired) electrons. The van der Waals surface area contributed by atoms with Crippen LogP contribution in [0.25, 0.3) is 16.9 Å². The van der Waals surface area contributed by atoms with Crippen molar-refractivity contribution in [1.82, 2.24) is 14.7 Å². The van der Waals surface area contributed by atoms with Crippen LogP contribution in [0.15, 0.2) is 53.3 Å². The molecule has 2 aromatic carbocycles. The zero-order valence-corrected chi connectivity index (χ0v) is 25.1. The number of fused-ring (bicyclic) bond motifs is 3. The van der Waals surface area contributed by atoms with E-state index >= 15 is 0 Å². The largest absolute Gasteiger partial charge is 0.508 e. The molecule has 2 fully saturated rings. The average molecular weight is 603 g/mol. The number of carbonyl (C=O) groups is 3. The molecule has 3 aliphatic carbocycles. The zero-order valence-electron chi connectivity index (χ0n) is 25.1. The molecule has 1 amide bonds. The summed E-state index contributed by atoms with van der Waals surface area (Å²) in [5, 5.41) is 45.2. The summed E-state index contributed by atoms with van der Waals surface area (Å²) in [6, 6.07) is 10.3. The highest BCUT2D eigenvalue weighted by Crippen LogP contribution is 2.53. The molecular weight excluding hydrogens is 564 g/mol. The molecule has 11 nitrogen and oxygen atoms in total. The van der Waals surface area contributed by atoms with Gasteiger partial charge in [-0.25, -0.2) is 0 Å². The van der Waals surface area contributed by atoms with Crippen LogP contribution < -0.4 is 5.73 Å². The molecule has 2 aromatic rings. The molecular formula is C33H38N4O7. The van der Waals surface area contributed by atoms with Gasteiger partial charge in [-0.1, -0.05) is 30.3 Å². The average Bonchev–Trinajstić information content (AvgIpc) is 2.96. The molecule has 1 saturated carbocycles. The number of aliphatic hydroxyl groups excluding tert-OH is 2. The lowest BCUT2D eigenvalue weighted by Gasteiger charge is -2.50. The van der Waals surface area contributed by atoms with Crippen LogP contribution in [0.3, 0.4) is 0 Å². The predicted molar refractivity (Wildman–Crippen MR) is 162 cm³/mol. The van der Waals surface area contributed by atoms with E-state index in [1.807, 2.05) is 12.1 Å². The monoisotopic (exact) mass is 602 g/mol. The van der Waals surface area contributed by atoms with Crippen molar-refractivity contribution in [2.45, 2.75) is 31.0 Å². The lowest BCUT2D eigenvalue weighted by atomic mass is 9.57. The normalized spacial score (nSPS) is 27.8. The number of rotatable bonds is 5. The Hall–Kier alpha value is -4.03. The molecule has 11 heteroatoms. The highest BCUT2D eigenvalue weighted by Gasteiger charge is 2.64. The van der Waals surface area contributed by atoms with Gasteiger partial charge in [-0.3, -0.25) is 24.2 Å². The number of nitrogens with zero attached hydrogens (tertiary/aromatic N) is 3. The van der Waals surface area contributed by atoms with Crippen molar-refractivity contribution in [2.24, 2.45) is 17.6 Å². The number of primary amides is 1. The number of piperazine rings is 1. The van der Waals surface area contributed by atoms with Crippen LogP contribution in [0.4, 0.5) is 0 Å². The van der Waals surface area contributed by atoms with Gasteiger partial charge in [0, 0.05) is 44.2 Å². The van der Waals surface area contributed by atoms with Gasteiger partial charge >= 0.3 is 0 Å². The van der Waals surface area contributed by atoms with E-state index in [2.05, 4.69) is 29.0 Å². The molecule has 44 heavy (non-hydrogen) atoms.